The number of thiazole rings is 1. The summed E-state index contributed by atoms with van der Waals surface area (Å²) < 4.78 is 24.1. The van der Waals surface area contributed by atoms with Crippen molar-refractivity contribution in [3.63, 3.8) is 0 Å². The summed E-state index contributed by atoms with van der Waals surface area (Å²) in [4.78, 5) is 31.9. The number of aromatic nitrogens is 1. The second-order valence-electron chi connectivity index (χ2n) is 7.81. The topological polar surface area (TPSA) is 88.4 Å². The van der Waals surface area contributed by atoms with Crippen LogP contribution in [0.5, 0.6) is 17.2 Å². The Morgan fingerprint density at radius 3 is 2.42 bits per heavy atom. The van der Waals surface area contributed by atoms with Crippen molar-refractivity contribution < 1.29 is 23.7 Å². The minimum atomic E-state index is -0.713. The second kappa shape index (κ2) is 10.7. The average molecular weight is 573 g/mol. The number of nitrogens with zero attached hydrogens (tertiary/aromatic N) is 2. The van der Waals surface area contributed by atoms with Crippen molar-refractivity contribution in [1.82, 2.24) is 4.57 Å². The standard InChI is InChI=1S/C26H25BrN2O6S/c1-6-35-25(31)22-14(2)28-26-29(23(22)16-8-10-18(32-3)17(27)13-16)24(30)21(36-26)12-15-7-9-19(33-4)20(11-15)34-5/h7-13,23H,6H2,1-5H3/b21-12+/t23-/m0/s1. The molecule has 0 radical (unpaired) electrons. The van der Waals surface area contributed by atoms with Crippen molar-refractivity contribution >= 4 is 39.3 Å². The molecule has 0 N–H and O–H groups in total. The van der Waals surface area contributed by atoms with Crippen LogP contribution >= 0.6 is 27.3 Å². The first kappa shape index (κ1) is 25.7. The molecular formula is C26H25BrN2O6S. The average Bonchev–Trinajstić information content (AvgIpc) is 3.17. The zero-order chi connectivity index (χ0) is 26.0. The van der Waals surface area contributed by atoms with E-state index in [-0.39, 0.29) is 12.2 Å². The third kappa shape index (κ3) is 4.70. The molecule has 8 nitrogen and oxygen atoms in total. The highest BCUT2D eigenvalue weighted by molar-refractivity contribution is 9.10. The summed E-state index contributed by atoms with van der Waals surface area (Å²) in [5.74, 6) is 1.28. The molecule has 0 fully saturated rings. The van der Waals surface area contributed by atoms with Crippen molar-refractivity contribution in [3.8, 4) is 17.2 Å². The second-order valence-corrected chi connectivity index (χ2v) is 9.67. The number of rotatable bonds is 7. The molecule has 0 spiro atoms. The van der Waals surface area contributed by atoms with E-state index in [0.29, 0.717) is 42.3 Å². The lowest BCUT2D eigenvalue weighted by molar-refractivity contribution is -0.139. The van der Waals surface area contributed by atoms with E-state index in [9.17, 15) is 9.59 Å². The maximum atomic E-state index is 13.7. The van der Waals surface area contributed by atoms with E-state index < -0.39 is 12.0 Å². The third-order valence-electron chi connectivity index (χ3n) is 5.71. The van der Waals surface area contributed by atoms with Gasteiger partial charge in [-0.25, -0.2) is 9.79 Å². The Kier molecular flexibility index (Phi) is 7.65. The van der Waals surface area contributed by atoms with E-state index in [4.69, 9.17) is 18.9 Å². The minimum absolute atomic E-state index is 0.207. The summed E-state index contributed by atoms with van der Waals surface area (Å²) in [6.07, 6.45) is 1.77. The molecule has 36 heavy (non-hydrogen) atoms. The third-order valence-corrected chi connectivity index (χ3v) is 7.32. The quantitative estimate of drug-likeness (QED) is 0.402. The number of esters is 1. The largest absolute Gasteiger partial charge is 0.496 e. The lowest BCUT2D eigenvalue weighted by atomic mass is 9.96. The fraction of sp³-hybridized carbons (Fsp3) is 0.269. The highest BCUT2D eigenvalue weighted by Gasteiger charge is 2.33. The van der Waals surface area contributed by atoms with E-state index in [1.54, 1.807) is 64.0 Å². The predicted molar refractivity (Wildman–Crippen MR) is 141 cm³/mol. The van der Waals surface area contributed by atoms with Crippen LogP contribution in [0, 0.1) is 0 Å². The Labute approximate surface area is 220 Å². The maximum absolute atomic E-state index is 13.7. The number of benzene rings is 2. The molecule has 188 valence electrons. The first-order valence-electron chi connectivity index (χ1n) is 11.1. The van der Waals surface area contributed by atoms with Gasteiger partial charge in [-0.05, 0) is 71.2 Å². The van der Waals surface area contributed by atoms with Gasteiger partial charge in [-0.1, -0.05) is 23.5 Å². The van der Waals surface area contributed by atoms with Gasteiger partial charge in [0.2, 0.25) is 0 Å². The lowest BCUT2D eigenvalue weighted by Gasteiger charge is -2.25. The monoisotopic (exact) mass is 572 g/mol. The highest BCUT2D eigenvalue weighted by atomic mass is 79.9. The van der Waals surface area contributed by atoms with E-state index in [2.05, 4.69) is 20.9 Å². The summed E-state index contributed by atoms with van der Waals surface area (Å²) in [6.45, 7) is 3.70. The zero-order valence-electron chi connectivity index (χ0n) is 20.5. The van der Waals surface area contributed by atoms with Gasteiger partial charge in [-0.15, -0.1) is 0 Å². The van der Waals surface area contributed by atoms with Gasteiger partial charge < -0.3 is 18.9 Å². The van der Waals surface area contributed by atoms with Crippen LogP contribution < -0.4 is 29.1 Å². The Hall–Kier alpha value is -3.37. The molecule has 0 saturated carbocycles. The molecular weight excluding hydrogens is 548 g/mol. The van der Waals surface area contributed by atoms with Gasteiger partial charge >= 0.3 is 5.97 Å². The van der Waals surface area contributed by atoms with E-state index in [0.717, 1.165) is 11.1 Å². The first-order chi connectivity index (χ1) is 17.3. The molecule has 0 aliphatic carbocycles. The normalized spacial score (nSPS) is 15.3. The number of carbonyl (C=O) groups excluding carboxylic acids is 1. The molecule has 1 aliphatic rings. The number of ether oxygens (including phenoxy) is 4. The number of hydrogen-bond donors (Lipinski definition) is 0. The highest BCUT2D eigenvalue weighted by Crippen LogP contribution is 2.35. The summed E-state index contributed by atoms with van der Waals surface area (Å²) >= 11 is 4.77. The van der Waals surface area contributed by atoms with Gasteiger partial charge in [-0.2, -0.15) is 0 Å². The number of methoxy groups -OCH3 is 3. The fourth-order valence-corrected chi connectivity index (χ4v) is 5.66. The maximum Gasteiger partial charge on any atom is 0.338 e. The Bertz CT molecular complexity index is 1540. The first-order valence-corrected chi connectivity index (χ1v) is 12.7. The van der Waals surface area contributed by atoms with Crippen molar-refractivity contribution in [2.24, 2.45) is 4.99 Å². The van der Waals surface area contributed by atoms with Gasteiger partial charge in [0.25, 0.3) is 5.56 Å². The molecule has 1 aliphatic heterocycles. The zero-order valence-corrected chi connectivity index (χ0v) is 22.9. The smallest absolute Gasteiger partial charge is 0.338 e. The molecule has 0 unspecified atom stereocenters. The van der Waals surface area contributed by atoms with Gasteiger partial charge in [0.15, 0.2) is 16.3 Å². The number of allylic oxidation sites excluding steroid dienone is 1. The van der Waals surface area contributed by atoms with Crippen LogP contribution in [0.3, 0.4) is 0 Å². The number of halogens is 1. The van der Waals surface area contributed by atoms with Crippen molar-refractivity contribution in [2.45, 2.75) is 19.9 Å². The number of fused-ring (bicyclic) bond motifs is 1. The molecule has 10 heteroatoms. The molecule has 3 aromatic rings. The number of carbonyl (C=O) groups is 1. The predicted octanol–water partition coefficient (Wildman–Crippen LogP) is 3.59. The fourth-order valence-electron chi connectivity index (χ4n) is 4.05. The van der Waals surface area contributed by atoms with Crippen LogP contribution in [0.1, 0.15) is 31.0 Å². The summed E-state index contributed by atoms with van der Waals surface area (Å²) in [6, 6.07) is 10.2. The van der Waals surface area contributed by atoms with Crippen LogP contribution in [0.2, 0.25) is 0 Å². The molecule has 0 amide bonds. The van der Waals surface area contributed by atoms with Gasteiger partial charge in [0.05, 0.1) is 54.3 Å². The van der Waals surface area contributed by atoms with Crippen LogP contribution in [-0.2, 0) is 9.53 Å². The van der Waals surface area contributed by atoms with Crippen LogP contribution in [-0.4, -0.2) is 38.5 Å². The SMILES string of the molecule is CCOC(=O)C1=C(C)N=c2s/c(=C/c3ccc(OC)c(OC)c3)c(=O)n2[C@H]1c1ccc(OC)c(Br)c1. The molecule has 0 saturated heterocycles. The molecule has 4 rings (SSSR count). The van der Waals surface area contributed by atoms with Crippen LogP contribution in [0.15, 0.2) is 61.9 Å². The molecule has 0 bridgehead atoms. The summed E-state index contributed by atoms with van der Waals surface area (Å²) in [5, 5.41) is 0. The van der Waals surface area contributed by atoms with Crippen LogP contribution in [0.25, 0.3) is 6.08 Å². The van der Waals surface area contributed by atoms with Crippen LogP contribution in [0.4, 0.5) is 0 Å². The number of hydrogen-bond acceptors (Lipinski definition) is 8. The molecule has 2 aromatic carbocycles. The Morgan fingerprint density at radius 1 is 1.08 bits per heavy atom. The van der Waals surface area contributed by atoms with Gasteiger partial charge in [-0.3, -0.25) is 9.36 Å². The van der Waals surface area contributed by atoms with Crippen molar-refractivity contribution in [1.29, 1.82) is 0 Å². The summed E-state index contributed by atoms with van der Waals surface area (Å²) in [7, 11) is 4.70. The lowest BCUT2D eigenvalue weighted by Crippen LogP contribution is -2.39. The Balaban J connectivity index is 1.94. The van der Waals surface area contributed by atoms with Crippen molar-refractivity contribution in [3.05, 3.63) is 83.0 Å². The van der Waals surface area contributed by atoms with Crippen molar-refractivity contribution in [2.75, 3.05) is 27.9 Å². The van der Waals surface area contributed by atoms with E-state index in [1.807, 2.05) is 18.2 Å². The molecule has 1 atom stereocenters. The summed E-state index contributed by atoms with van der Waals surface area (Å²) in [5.41, 5.74) is 2.05. The van der Waals surface area contributed by atoms with E-state index in [1.165, 1.54) is 11.3 Å². The minimum Gasteiger partial charge on any atom is -0.496 e. The van der Waals surface area contributed by atoms with Gasteiger partial charge in [0, 0.05) is 0 Å². The van der Waals surface area contributed by atoms with Gasteiger partial charge in [0.1, 0.15) is 5.75 Å². The molecule has 2 heterocycles. The molecule has 1 aromatic heterocycles. The van der Waals surface area contributed by atoms with E-state index >= 15 is 0 Å². The Morgan fingerprint density at radius 2 is 1.78 bits per heavy atom.